The van der Waals surface area contributed by atoms with Crippen LogP contribution in [0, 0.1) is 5.95 Å². The molecule has 0 aliphatic rings. The number of aromatic hydroxyl groups is 1. The van der Waals surface area contributed by atoms with Crippen molar-refractivity contribution in [2.24, 2.45) is 0 Å². The first-order valence-electron chi connectivity index (χ1n) is 5.41. The van der Waals surface area contributed by atoms with Crippen molar-refractivity contribution >= 4 is 11.7 Å². The Kier molecular flexibility index (Phi) is 3.61. The first-order chi connectivity index (χ1) is 9.10. The molecule has 0 bridgehead atoms. The molecular weight excluding hydrogens is 251 g/mol. The van der Waals surface area contributed by atoms with E-state index < -0.39 is 11.9 Å². The Morgan fingerprint density at radius 1 is 1.37 bits per heavy atom. The predicted molar refractivity (Wildman–Crippen MR) is 66.8 cm³/mol. The van der Waals surface area contributed by atoms with E-state index in [4.69, 9.17) is 4.74 Å². The molecule has 0 atom stereocenters. The van der Waals surface area contributed by atoms with E-state index in [1.54, 1.807) is 0 Å². The van der Waals surface area contributed by atoms with Crippen molar-refractivity contribution in [1.82, 2.24) is 4.98 Å². The predicted octanol–water partition coefficient (Wildman–Crippen LogP) is 2.19. The molecule has 2 aromatic rings. The minimum atomic E-state index is -0.697. The fourth-order valence-corrected chi connectivity index (χ4v) is 1.49. The maximum atomic E-state index is 12.9. The lowest BCUT2D eigenvalue weighted by molar-refractivity contribution is 0.102. The van der Waals surface area contributed by atoms with Crippen molar-refractivity contribution < 1.29 is 19.0 Å². The van der Waals surface area contributed by atoms with Gasteiger partial charge in [-0.2, -0.15) is 4.39 Å². The quantitative estimate of drug-likeness (QED) is 0.832. The molecule has 6 heteroatoms. The summed E-state index contributed by atoms with van der Waals surface area (Å²) >= 11 is 0. The Labute approximate surface area is 108 Å². The molecule has 0 saturated heterocycles. The number of aromatic nitrogens is 1. The lowest BCUT2D eigenvalue weighted by atomic mass is 10.2. The van der Waals surface area contributed by atoms with E-state index in [1.165, 1.54) is 43.5 Å². The van der Waals surface area contributed by atoms with Crippen molar-refractivity contribution in [1.29, 1.82) is 0 Å². The average molecular weight is 262 g/mol. The Hall–Kier alpha value is -2.63. The molecule has 1 amide bonds. The van der Waals surface area contributed by atoms with Crippen molar-refractivity contribution in [2.75, 3.05) is 12.4 Å². The summed E-state index contributed by atoms with van der Waals surface area (Å²) in [4.78, 5) is 15.4. The molecule has 1 heterocycles. The lowest BCUT2D eigenvalue weighted by Crippen LogP contribution is -2.13. The van der Waals surface area contributed by atoms with Gasteiger partial charge in [0.05, 0.1) is 12.7 Å². The second-order valence-electron chi connectivity index (χ2n) is 3.68. The van der Waals surface area contributed by atoms with Gasteiger partial charge in [-0.05, 0) is 24.3 Å². The van der Waals surface area contributed by atoms with E-state index >= 15 is 0 Å². The Bertz CT molecular complexity index is 617. The smallest absolute Gasteiger partial charge is 0.260 e. The Morgan fingerprint density at radius 2 is 2.16 bits per heavy atom. The number of carbonyl (C=O) groups excluding carboxylic acids is 1. The number of nitrogens with one attached hydrogen (secondary N) is 1. The lowest BCUT2D eigenvalue weighted by Gasteiger charge is -2.07. The number of anilines is 1. The van der Waals surface area contributed by atoms with E-state index in [-0.39, 0.29) is 17.1 Å². The zero-order valence-electron chi connectivity index (χ0n) is 10.1. The van der Waals surface area contributed by atoms with Gasteiger partial charge < -0.3 is 15.2 Å². The highest BCUT2D eigenvalue weighted by atomic mass is 19.1. The van der Waals surface area contributed by atoms with Gasteiger partial charge in [0.2, 0.25) is 5.95 Å². The minimum absolute atomic E-state index is 0.0480. The summed E-state index contributed by atoms with van der Waals surface area (Å²) in [7, 11) is 1.45. The summed E-state index contributed by atoms with van der Waals surface area (Å²) in [6.07, 6.45) is 0. The standard InChI is InChI=1S/C13H11FN2O3/c1-19-8-5-6-9(10(17)7-8)13(18)16-12-4-2-3-11(14)15-12/h2-7,17H,1H3,(H,15,16,18). The third-order valence-electron chi connectivity index (χ3n) is 2.41. The zero-order chi connectivity index (χ0) is 13.8. The van der Waals surface area contributed by atoms with Gasteiger partial charge in [-0.25, -0.2) is 4.98 Å². The van der Waals surface area contributed by atoms with E-state index in [0.717, 1.165) is 0 Å². The van der Waals surface area contributed by atoms with E-state index in [0.29, 0.717) is 5.75 Å². The number of benzene rings is 1. The maximum Gasteiger partial charge on any atom is 0.260 e. The summed E-state index contributed by atoms with van der Waals surface area (Å²) in [5.41, 5.74) is 0.0480. The first kappa shape index (κ1) is 12.8. The van der Waals surface area contributed by atoms with Crippen LogP contribution in [0.15, 0.2) is 36.4 Å². The highest BCUT2D eigenvalue weighted by Crippen LogP contribution is 2.24. The molecule has 2 N–H and O–H groups in total. The van der Waals surface area contributed by atoms with Gasteiger partial charge in [0, 0.05) is 6.07 Å². The second-order valence-corrected chi connectivity index (χ2v) is 3.68. The van der Waals surface area contributed by atoms with Gasteiger partial charge in [0.15, 0.2) is 0 Å². The molecule has 1 aromatic carbocycles. The van der Waals surface area contributed by atoms with E-state index in [2.05, 4.69) is 10.3 Å². The number of nitrogens with zero attached hydrogens (tertiary/aromatic N) is 1. The molecule has 2 rings (SSSR count). The number of phenols is 1. The number of halogens is 1. The number of amides is 1. The molecule has 0 aliphatic heterocycles. The highest BCUT2D eigenvalue weighted by molar-refractivity contribution is 6.05. The number of hydrogen-bond donors (Lipinski definition) is 2. The van der Waals surface area contributed by atoms with Crippen LogP contribution in [-0.4, -0.2) is 23.1 Å². The number of ether oxygens (including phenoxy) is 1. The van der Waals surface area contributed by atoms with Crippen molar-refractivity contribution in [2.45, 2.75) is 0 Å². The van der Waals surface area contributed by atoms with Gasteiger partial charge in [0.25, 0.3) is 5.91 Å². The normalized spacial score (nSPS) is 10.0. The topological polar surface area (TPSA) is 71.5 Å². The van der Waals surface area contributed by atoms with Crippen LogP contribution in [0.3, 0.4) is 0 Å². The summed E-state index contributed by atoms with van der Waals surface area (Å²) in [6.45, 7) is 0. The highest BCUT2D eigenvalue weighted by Gasteiger charge is 2.12. The number of methoxy groups -OCH3 is 1. The van der Waals surface area contributed by atoms with Crippen LogP contribution >= 0.6 is 0 Å². The molecule has 0 radical (unpaired) electrons. The first-order valence-corrected chi connectivity index (χ1v) is 5.41. The van der Waals surface area contributed by atoms with Crippen LogP contribution in [0.2, 0.25) is 0 Å². The number of rotatable bonds is 3. The zero-order valence-corrected chi connectivity index (χ0v) is 10.1. The van der Waals surface area contributed by atoms with Crippen LogP contribution in [0.5, 0.6) is 11.5 Å². The molecule has 0 spiro atoms. The summed E-state index contributed by atoms with van der Waals surface area (Å²) < 4.78 is 17.8. The van der Waals surface area contributed by atoms with Crippen LogP contribution in [0.1, 0.15) is 10.4 Å². The van der Waals surface area contributed by atoms with Gasteiger partial charge in [-0.3, -0.25) is 4.79 Å². The van der Waals surface area contributed by atoms with Gasteiger partial charge >= 0.3 is 0 Å². The molecule has 0 fully saturated rings. The number of hydrogen-bond acceptors (Lipinski definition) is 4. The van der Waals surface area contributed by atoms with Crippen LogP contribution in [-0.2, 0) is 0 Å². The average Bonchev–Trinajstić information content (AvgIpc) is 2.38. The Morgan fingerprint density at radius 3 is 2.79 bits per heavy atom. The molecule has 1 aromatic heterocycles. The molecule has 0 unspecified atom stereocenters. The van der Waals surface area contributed by atoms with E-state index in [9.17, 15) is 14.3 Å². The van der Waals surface area contributed by atoms with Crippen molar-refractivity contribution in [3.63, 3.8) is 0 Å². The fourth-order valence-electron chi connectivity index (χ4n) is 1.49. The summed E-state index contributed by atoms with van der Waals surface area (Å²) in [5.74, 6) is -1.01. The minimum Gasteiger partial charge on any atom is -0.507 e. The van der Waals surface area contributed by atoms with Crippen molar-refractivity contribution in [3.8, 4) is 11.5 Å². The van der Waals surface area contributed by atoms with Crippen molar-refractivity contribution in [3.05, 3.63) is 47.9 Å². The molecule has 5 nitrogen and oxygen atoms in total. The largest absolute Gasteiger partial charge is 0.507 e. The monoisotopic (exact) mass is 262 g/mol. The second kappa shape index (κ2) is 5.34. The van der Waals surface area contributed by atoms with E-state index in [1.807, 2.05) is 0 Å². The third kappa shape index (κ3) is 2.98. The molecule has 0 aliphatic carbocycles. The molecule has 0 saturated carbocycles. The maximum absolute atomic E-state index is 12.9. The fraction of sp³-hybridized carbons (Fsp3) is 0.0769. The van der Waals surface area contributed by atoms with Gasteiger partial charge in [-0.1, -0.05) is 6.07 Å². The SMILES string of the molecule is COc1ccc(C(=O)Nc2cccc(F)n2)c(O)c1. The number of phenolic OH excluding ortho intramolecular Hbond substituents is 1. The summed E-state index contributed by atoms with van der Waals surface area (Å²) in [5, 5.41) is 12.1. The molecular formula is C13H11FN2O3. The van der Waals surface area contributed by atoms with Gasteiger partial charge in [0.1, 0.15) is 17.3 Å². The van der Waals surface area contributed by atoms with Crippen LogP contribution < -0.4 is 10.1 Å². The Balaban J connectivity index is 2.20. The van der Waals surface area contributed by atoms with Crippen LogP contribution in [0.25, 0.3) is 0 Å². The molecule has 19 heavy (non-hydrogen) atoms. The summed E-state index contributed by atoms with van der Waals surface area (Å²) in [6, 6.07) is 8.29. The number of pyridine rings is 1. The van der Waals surface area contributed by atoms with Crippen LogP contribution in [0.4, 0.5) is 10.2 Å². The molecule has 98 valence electrons. The number of carbonyl (C=O) groups is 1. The third-order valence-corrected chi connectivity index (χ3v) is 2.41. The van der Waals surface area contributed by atoms with Gasteiger partial charge in [-0.15, -0.1) is 0 Å².